The summed E-state index contributed by atoms with van der Waals surface area (Å²) in [5.41, 5.74) is 0.310. The molecule has 100 valence electrons. The highest BCUT2D eigenvalue weighted by Gasteiger charge is 2.28. The molecule has 1 fully saturated rings. The van der Waals surface area contributed by atoms with E-state index in [0.717, 1.165) is 25.9 Å². The predicted molar refractivity (Wildman–Crippen MR) is 63.5 cm³/mol. The molecule has 1 unspecified atom stereocenters. The van der Waals surface area contributed by atoms with Crippen LogP contribution in [0.15, 0.2) is 12.3 Å². The Labute approximate surface area is 105 Å². The van der Waals surface area contributed by atoms with Gasteiger partial charge in [-0.1, -0.05) is 0 Å². The quantitative estimate of drug-likeness (QED) is 0.633. The van der Waals surface area contributed by atoms with Crippen molar-refractivity contribution in [1.82, 2.24) is 3.97 Å². The molecular formula is C10H16N3O4S+. The Balaban J connectivity index is 2.48. The van der Waals surface area contributed by atoms with Crippen molar-refractivity contribution in [3.8, 4) is 0 Å². The smallest absolute Gasteiger partial charge is 0.353 e. The van der Waals surface area contributed by atoms with Crippen LogP contribution < -0.4 is 10.5 Å². The summed E-state index contributed by atoms with van der Waals surface area (Å²) < 4.78 is 23.3. The van der Waals surface area contributed by atoms with E-state index >= 15 is 0 Å². The summed E-state index contributed by atoms with van der Waals surface area (Å²) in [6, 6.07) is 1.54. The second kappa shape index (κ2) is 4.71. The van der Waals surface area contributed by atoms with Gasteiger partial charge in [0.1, 0.15) is 5.69 Å². The Morgan fingerprint density at radius 3 is 2.78 bits per heavy atom. The van der Waals surface area contributed by atoms with Crippen LogP contribution in [0.25, 0.3) is 0 Å². The number of rotatable bonds is 3. The first-order chi connectivity index (χ1) is 8.41. The number of aromatic carboxylic acids is 1. The average molecular weight is 274 g/mol. The summed E-state index contributed by atoms with van der Waals surface area (Å²) in [6.07, 6.45) is 3.07. The molecule has 1 aliphatic rings. The number of aromatic nitrogens is 1. The Kier molecular flexibility index (Phi) is 3.42. The molecule has 0 bridgehead atoms. The number of nitrogens with two attached hydrogens (primary N) is 2. The summed E-state index contributed by atoms with van der Waals surface area (Å²) in [7, 11) is -4.07. The molecule has 18 heavy (non-hydrogen) atoms. The second-order valence-corrected chi connectivity index (χ2v) is 5.84. The largest absolute Gasteiger partial charge is 0.477 e. The molecule has 5 N–H and O–H groups in total. The lowest BCUT2D eigenvalue weighted by Crippen LogP contribution is -2.86. The van der Waals surface area contributed by atoms with Gasteiger partial charge in [-0.25, -0.2) is 13.9 Å². The minimum atomic E-state index is -4.07. The van der Waals surface area contributed by atoms with Gasteiger partial charge in [0.05, 0.1) is 13.1 Å². The zero-order valence-electron chi connectivity index (χ0n) is 9.74. The lowest BCUT2D eigenvalue weighted by Gasteiger charge is -2.20. The minimum absolute atomic E-state index is 0.0628. The first-order valence-electron chi connectivity index (χ1n) is 5.70. The van der Waals surface area contributed by atoms with Gasteiger partial charge in [-0.3, -0.25) is 0 Å². The molecule has 1 aliphatic heterocycles. The van der Waals surface area contributed by atoms with Crippen molar-refractivity contribution in [2.45, 2.75) is 18.8 Å². The number of carbonyl (C=O) groups is 1. The third-order valence-electron chi connectivity index (χ3n) is 3.21. The topological polar surface area (TPSA) is 119 Å². The van der Waals surface area contributed by atoms with Gasteiger partial charge in [0, 0.05) is 12.1 Å². The van der Waals surface area contributed by atoms with E-state index in [-0.39, 0.29) is 11.6 Å². The SMILES string of the molecule is NS(=O)(=O)n1ccc(C2CCC[NH2+]C2)c1C(=O)O. The molecule has 2 heterocycles. The monoisotopic (exact) mass is 274 g/mol. The molecule has 2 rings (SSSR count). The van der Waals surface area contributed by atoms with Gasteiger partial charge >= 0.3 is 16.2 Å². The van der Waals surface area contributed by atoms with Crippen molar-refractivity contribution in [1.29, 1.82) is 0 Å². The van der Waals surface area contributed by atoms with E-state index in [0.29, 0.717) is 9.54 Å². The third-order valence-corrected chi connectivity index (χ3v) is 4.06. The fourth-order valence-corrected chi connectivity index (χ4v) is 3.08. The number of quaternary nitrogens is 1. The van der Waals surface area contributed by atoms with Crippen LogP contribution in [0.4, 0.5) is 0 Å². The summed E-state index contributed by atoms with van der Waals surface area (Å²) >= 11 is 0. The lowest BCUT2D eigenvalue weighted by molar-refractivity contribution is -0.664. The minimum Gasteiger partial charge on any atom is -0.477 e. The lowest BCUT2D eigenvalue weighted by atomic mass is 9.92. The third kappa shape index (κ3) is 2.40. The van der Waals surface area contributed by atoms with Crippen molar-refractivity contribution in [2.75, 3.05) is 13.1 Å². The summed E-state index contributed by atoms with van der Waals surface area (Å²) in [5.74, 6) is -1.21. The van der Waals surface area contributed by atoms with Gasteiger partial charge in [0.2, 0.25) is 0 Å². The molecule has 0 radical (unpaired) electrons. The first kappa shape index (κ1) is 13.1. The van der Waals surface area contributed by atoms with Gasteiger partial charge in [-0.2, -0.15) is 8.42 Å². The van der Waals surface area contributed by atoms with Crippen molar-refractivity contribution in [3.63, 3.8) is 0 Å². The molecule has 8 heteroatoms. The summed E-state index contributed by atoms with van der Waals surface area (Å²) in [6.45, 7) is 1.80. The number of nitrogens with zero attached hydrogens (tertiary/aromatic N) is 1. The van der Waals surface area contributed by atoms with E-state index in [2.05, 4.69) is 5.32 Å². The highest BCUT2D eigenvalue weighted by Crippen LogP contribution is 2.26. The maximum Gasteiger partial charge on any atom is 0.353 e. The predicted octanol–water partition coefficient (Wildman–Crippen LogP) is -1.32. The number of hydrogen-bond donors (Lipinski definition) is 3. The number of piperidine rings is 1. The van der Waals surface area contributed by atoms with Gasteiger partial charge in [-0.05, 0) is 24.5 Å². The van der Waals surface area contributed by atoms with E-state index in [1.165, 1.54) is 12.3 Å². The van der Waals surface area contributed by atoms with E-state index in [1.807, 2.05) is 0 Å². The van der Waals surface area contributed by atoms with Crippen LogP contribution in [0.1, 0.15) is 34.8 Å². The van der Waals surface area contributed by atoms with E-state index in [4.69, 9.17) is 5.14 Å². The summed E-state index contributed by atoms with van der Waals surface area (Å²) in [4.78, 5) is 11.2. The fraction of sp³-hybridized carbons (Fsp3) is 0.500. The summed E-state index contributed by atoms with van der Waals surface area (Å²) in [5, 5.41) is 16.3. The van der Waals surface area contributed by atoms with Crippen LogP contribution in [-0.4, -0.2) is 36.6 Å². The molecule has 7 nitrogen and oxygen atoms in total. The molecule has 0 amide bonds. The zero-order chi connectivity index (χ0) is 13.3. The van der Waals surface area contributed by atoms with Crippen LogP contribution >= 0.6 is 0 Å². The standard InChI is InChI=1S/C10H15N3O4S/c11-18(16,17)13-5-3-8(9(13)10(14)15)7-2-1-4-12-6-7/h3,5,7,12H,1-2,4,6H2,(H,14,15)(H2,11,16,17)/p+1. The van der Waals surface area contributed by atoms with Crippen LogP contribution in [0.2, 0.25) is 0 Å². The van der Waals surface area contributed by atoms with Crippen LogP contribution in [0.5, 0.6) is 0 Å². The molecule has 1 aromatic rings. The van der Waals surface area contributed by atoms with Gasteiger partial charge in [-0.15, -0.1) is 0 Å². The maximum absolute atomic E-state index is 11.3. The zero-order valence-corrected chi connectivity index (χ0v) is 10.6. The van der Waals surface area contributed by atoms with Crippen LogP contribution in [-0.2, 0) is 10.2 Å². The molecular weight excluding hydrogens is 258 g/mol. The molecule has 0 spiro atoms. The van der Waals surface area contributed by atoms with Crippen molar-refractivity contribution < 1.29 is 23.6 Å². The molecule has 1 saturated heterocycles. The van der Waals surface area contributed by atoms with Crippen LogP contribution in [0.3, 0.4) is 0 Å². The van der Waals surface area contributed by atoms with Crippen molar-refractivity contribution in [3.05, 3.63) is 23.5 Å². The molecule has 0 aromatic carbocycles. The van der Waals surface area contributed by atoms with Gasteiger partial charge < -0.3 is 10.4 Å². The van der Waals surface area contributed by atoms with E-state index in [1.54, 1.807) is 0 Å². The second-order valence-electron chi connectivity index (χ2n) is 4.42. The number of hydrogen-bond acceptors (Lipinski definition) is 3. The molecule has 1 atom stereocenters. The normalized spacial score (nSPS) is 20.8. The molecule has 0 aliphatic carbocycles. The van der Waals surface area contributed by atoms with Gasteiger partial charge in [0.15, 0.2) is 0 Å². The molecule has 0 saturated carbocycles. The fourth-order valence-electron chi connectivity index (χ4n) is 2.42. The van der Waals surface area contributed by atoms with E-state index < -0.39 is 16.2 Å². The maximum atomic E-state index is 11.3. The van der Waals surface area contributed by atoms with Crippen molar-refractivity contribution in [2.24, 2.45) is 5.14 Å². The molecule has 1 aromatic heterocycles. The average Bonchev–Trinajstić information content (AvgIpc) is 2.74. The Morgan fingerprint density at radius 1 is 1.56 bits per heavy atom. The number of carboxylic acids is 1. The number of carboxylic acid groups (broad SMARTS) is 1. The Morgan fingerprint density at radius 2 is 2.28 bits per heavy atom. The highest BCUT2D eigenvalue weighted by atomic mass is 32.2. The van der Waals surface area contributed by atoms with Crippen molar-refractivity contribution >= 4 is 16.2 Å². The Bertz CT molecular complexity index is 558. The van der Waals surface area contributed by atoms with Gasteiger partial charge in [0.25, 0.3) is 0 Å². The van der Waals surface area contributed by atoms with Crippen LogP contribution in [0, 0.1) is 0 Å². The highest BCUT2D eigenvalue weighted by molar-refractivity contribution is 7.87. The first-order valence-corrected chi connectivity index (χ1v) is 7.21. The Hall–Kier alpha value is -1.38. The van der Waals surface area contributed by atoms with E-state index in [9.17, 15) is 18.3 Å².